The summed E-state index contributed by atoms with van der Waals surface area (Å²) in [5.41, 5.74) is 0.702. The molecule has 0 bridgehead atoms. The Morgan fingerprint density at radius 2 is 2.17 bits per heavy atom. The van der Waals surface area contributed by atoms with Crippen molar-refractivity contribution in [3.63, 3.8) is 0 Å². The Morgan fingerprint density at radius 3 is 2.75 bits per heavy atom. The molecule has 1 aromatic carbocycles. The zero-order valence-corrected chi connectivity index (χ0v) is 6.78. The van der Waals surface area contributed by atoms with Crippen molar-refractivity contribution in [1.82, 2.24) is 0 Å². The van der Waals surface area contributed by atoms with E-state index in [2.05, 4.69) is 4.74 Å². The van der Waals surface area contributed by atoms with E-state index >= 15 is 0 Å². The fraction of sp³-hybridized carbons (Fsp3) is 0.100. The number of rotatable bonds is 2. The zero-order chi connectivity index (χ0) is 9.68. The lowest BCUT2D eigenvalue weighted by atomic mass is 10.2. The van der Waals surface area contributed by atoms with Crippen molar-refractivity contribution in [2.45, 2.75) is 0 Å². The highest BCUT2D eigenvalue weighted by atomic mass is 16.5. The Balaban J connectivity index is 2.85. The van der Waals surface area contributed by atoms with Gasteiger partial charge in [0.05, 0.1) is 8.48 Å². The molecule has 0 aliphatic carbocycles. The van der Waals surface area contributed by atoms with E-state index in [9.17, 15) is 4.79 Å². The van der Waals surface area contributed by atoms with Crippen LogP contribution in [0.1, 0.15) is 6.93 Å². The van der Waals surface area contributed by atoms with Gasteiger partial charge in [-0.3, -0.25) is 0 Å². The number of ether oxygens (including phenoxy) is 1. The molecule has 1 rings (SSSR count). The summed E-state index contributed by atoms with van der Waals surface area (Å²) in [5, 5.41) is 0. The molecule has 0 saturated heterocycles. The highest BCUT2D eigenvalue weighted by Crippen LogP contribution is 2.00. The summed E-state index contributed by atoms with van der Waals surface area (Å²) in [5.74, 6) is -0.506. The summed E-state index contributed by atoms with van der Waals surface area (Å²) in [4.78, 5) is 10.8. The molecule has 0 heterocycles. The minimum Gasteiger partial charge on any atom is -0.466 e. The molecule has 62 valence electrons. The van der Waals surface area contributed by atoms with Gasteiger partial charge in [-0.1, -0.05) is 30.3 Å². The number of carbonyl (C=O) groups excluding carboxylic acids is 1. The van der Waals surface area contributed by atoms with Crippen molar-refractivity contribution in [2.24, 2.45) is 0 Å². The van der Waals surface area contributed by atoms with Gasteiger partial charge in [-0.05, 0) is 11.6 Å². The van der Waals surface area contributed by atoms with E-state index in [1.807, 2.05) is 18.2 Å². The Bertz CT molecular complexity index is 317. The maximum absolute atomic E-state index is 10.8. The lowest BCUT2D eigenvalue weighted by Gasteiger charge is -1.91. The monoisotopic (exact) mass is 163 g/mol. The van der Waals surface area contributed by atoms with Gasteiger partial charge in [-0.15, -0.1) is 0 Å². The molecule has 0 aliphatic rings. The molecular weight excluding hydrogens is 152 g/mol. The van der Waals surface area contributed by atoms with Crippen LogP contribution in [0, 0.1) is 0 Å². The van der Waals surface area contributed by atoms with Crippen LogP contribution in [0.2, 0.25) is 0 Å². The smallest absolute Gasteiger partial charge is 0.330 e. The Kier molecular flexibility index (Phi) is 2.57. The second-order valence-electron chi connectivity index (χ2n) is 2.18. The van der Waals surface area contributed by atoms with Crippen LogP contribution >= 0.6 is 0 Å². The summed E-state index contributed by atoms with van der Waals surface area (Å²) >= 11 is 0. The molecule has 0 atom stereocenters. The molecule has 0 amide bonds. The van der Waals surface area contributed by atoms with Crippen molar-refractivity contribution < 1.29 is 10.9 Å². The van der Waals surface area contributed by atoms with Crippen LogP contribution in [0.4, 0.5) is 0 Å². The van der Waals surface area contributed by atoms with Crippen molar-refractivity contribution in [3.8, 4) is 0 Å². The normalized spacial score (nSPS) is 12.1. The second kappa shape index (κ2) is 4.34. The molecule has 0 spiro atoms. The molecule has 0 saturated carbocycles. The van der Waals surface area contributed by atoms with E-state index in [1.54, 1.807) is 12.1 Å². The molecule has 0 unspecified atom stereocenters. The average Bonchev–Trinajstić information content (AvgIpc) is 2.19. The lowest BCUT2D eigenvalue weighted by molar-refractivity contribution is -0.134. The highest BCUT2D eigenvalue weighted by Gasteiger charge is 1.89. The Morgan fingerprint density at radius 1 is 1.50 bits per heavy atom. The molecule has 0 radical (unpaired) electrons. The van der Waals surface area contributed by atoms with E-state index in [-0.39, 0.29) is 6.05 Å². The summed E-state index contributed by atoms with van der Waals surface area (Å²) in [6, 6.07) is 9.18. The van der Waals surface area contributed by atoms with Crippen LogP contribution in [-0.2, 0) is 9.53 Å². The maximum atomic E-state index is 10.8. The number of hydrogen-bond donors (Lipinski definition) is 0. The summed E-state index contributed by atoms with van der Waals surface area (Å²) < 4.78 is 11.9. The van der Waals surface area contributed by atoms with Crippen LogP contribution in [-0.4, -0.2) is 13.1 Å². The van der Waals surface area contributed by atoms with Crippen molar-refractivity contribution in [1.29, 1.82) is 0 Å². The number of carbonyl (C=O) groups is 1. The highest BCUT2D eigenvalue weighted by molar-refractivity contribution is 5.86. The van der Waals surface area contributed by atoms with Gasteiger partial charge in [0.15, 0.2) is 0 Å². The van der Waals surface area contributed by atoms with E-state index in [1.165, 1.54) is 7.11 Å². The molecule has 12 heavy (non-hydrogen) atoms. The van der Waals surface area contributed by atoms with Crippen molar-refractivity contribution >= 4 is 12.0 Å². The summed E-state index contributed by atoms with van der Waals surface area (Å²) in [6.45, 7) is 0. The molecule has 0 fully saturated rings. The molecule has 0 N–H and O–H groups in total. The van der Waals surface area contributed by atoms with Gasteiger partial charge in [0.1, 0.15) is 0 Å². The summed E-state index contributed by atoms with van der Waals surface area (Å²) in [7, 11) is 1.29. The standard InChI is InChI=1S/C10H10O2/c1-12-10(11)8-7-9-5-3-2-4-6-9/h2-8H,1H3/b8-7+/i7D. The maximum Gasteiger partial charge on any atom is 0.330 e. The molecule has 2 heteroatoms. The molecule has 2 nitrogen and oxygen atoms in total. The van der Waals surface area contributed by atoms with Crippen LogP contribution in [0.3, 0.4) is 0 Å². The first-order valence-electron chi connectivity index (χ1n) is 4.05. The first kappa shape index (κ1) is 7.10. The zero-order valence-electron chi connectivity index (χ0n) is 7.78. The van der Waals surface area contributed by atoms with Gasteiger partial charge in [-0.25, -0.2) is 4.79 Å². The Hall–Kier alpha value is -1.57. The van der Waals surface area contributed by atoms with Crippen LogP contribution < -0.4 is 0 Å². The van der Waals surface area contributed by atoms with Gasteiger partial charge in [0.25, 0.3) is 0 Å². The third-order valence-corrected chi connectivity index (χ3v) is 1.33. The molecule has 0 aromatic heterocycles. The average molecular weight is 163 g/mol. The molecule has 0 aliphatic heterocycles. The van der Waals surface area contributed by atoms with Crippen molar-refractivity contribution in [2.75, 3.05) is 7.11 Å². The fourth-order valence-corrected chi connectivity index (χ4v) is 0.736. The number of methoxy groups -OCH3 is 1. The van der Waals surface area contributed by atoms with Gasteiger partial charge in [0, 0.05) is 6.08 Å². The van der Waals surface area contributed by atoms with Gasteiger partial charge < -0.3 is 4.74 Å². The van der Waals surface area contributed by atoms with E-state index in [0.29, 0.717) is 5.56 Å². The number of esters is 1. The first-order chi connectivity index (χ1) is 6.24. The topological polar surface area (TPSA) is 26.3 Å². The van der Waals surface area contributed by atoms with Crippen LogP contribution in [0.5, 0.6) is 0 Å². The number of benzene rings is 1. The Labute approximate surface area is 72.9 Å². The van der Waals surface area contributed by atoms with Crippen LogP contribution in [0.25, 0.3) is 6.05 Å². The second-order valence-corrected chi connectivity index (χ2v) is 2.18. The summed E-state index contributed by atoms with van der Waals surface area (Å²) in [6.07, 6.45) is 1.15. The molecule has 1 aromatic rings. The number of hydrogen-bond acceptors (Lipinski definition) is 2. The van der Waals surface area contributed by atoms with Gasteiger partial charge in [0.2, 0.25) is 0 Å². The molecular formula is C10H10O2. The van der Waals surface area contributed by atoms with Crippen molar-refractivity contribution in [3.05, 3.63) is 42.0 Å². The fourth-order valence-electron chi connectivity index (χ4n) is 0.736. The predicted molar refractivity (Wildman–Crippen MR) is 47.5 cm³/mol. The first-order valence-corrected chi connectivity index (χ1v) is 3.55. The lowest BCUT2D eigenvalue weighted by Crippen LogP contribution is -1.92. The third-order valence-electron chi connectivity index (χ3n) is 1.33. The van der Waals surface area contributed by atoms with Gasteiger partial charge in [-0.2, -0.15) is 0 Å². The minimum absolute atomic E-state index is 0.160. The SMILES string of the molecule is [2H]/C(=C\C(=O)OC)c1ccccc1. The van der Waals surface area contributed by atoms with E-state index < -0.39 is 5.97 Å². The predicted octanol–water partition coefficient (Wildman–Crippen LogP) is 1.87. The van der Waals surface area contributed by atoms with Gasteiger partial charge >= 0.3 is 5.97 Å². The quantitative estimate of drug-likeness (QED) is 0.491. The third kappa shape index (κ3) is 2.58. The van der Waals surface area contributed by atoms with Crippen LogP contribution in [0.15, 0.2) is 36.4 Å². The minimum atomic E-state index is -0.506. The largest absolute Gasteiger partial charge is 0.466 e. The van der Waals surface area contributed by atoms with E-state index in [0.717, 1.165) is 6.08 Å². The van der Waals surface area contributed by atoms with E-state index in [4.69, 9.17) is 1.37 Å².